The summed E-state index contributed by atoms with van der Waals surface area (Å²) in [5.74, 6) is -1.11. The van der Waals surface area contributed by atoms with E-state index in [2.05, 4.69) is 20.9 Å². The molecule has 1 aliphatic heterocycles. The molecule has 7 nitrogen and oxygen atoms in total. The molecule has 1 atom stereocenters. The number of nitrogens with one attached hydrogen (secondary N) is 3. The normalized spacial score (nSPS) is 16.4. The number of hydrogen-bond acceptors (Lipinski definition) is 4. The molecule has 0 unspecified atom stereocenters. The largest absolute Gasteiger partial charge is 0.352 e. The van der Waals surface area contributed by atoms with Crippen molar-refractivity contribution in [2.45, 2.75) is 19.0 Å². The van der Waals surface area contributed by atoms with E-state index in [9.17, 15) is 14.4 Å². The van der Waals surface area contributed by atoms with Gasteiger partial charge in [0.15, 0.2) is 0 Å². The monoisotopic (exact) mass is 324 g/mol. The molecule has 0 radical (unpaired) electrons. The van der Waals surface area contributed by atoms with Crippen molar-refractivity contribution in [2.24, 2.45) is 0 Å². The predicted molar refractivity (Wildman–Crippen MR) is 87.0 cm³/mol. The molecule has 24 heavy (non-hydrogen) atoms. The Morgan fingerprint density at radius 3 is 2.67 bits per heavy atom. The number of para-hydroxylation sites is 1. The number of pyridine rings is 1. The van der Waals surface area contributed by atoms with E-state index in [1.807, 2.05) is 0 Å². The predicted octanol–water partition coefficient (Wildman–Crippen LogP) is 0.839. The van der Waals surface area contributed by atoms with Gasteiger partial charge in [0.1, 0.15) is 6.04 Å². The quantitative estimate of drug-likeness (QED) is 0.776. The van der Waals surface area contributed by atoms with Crippen molar-refractivity contribution in [1.82, 2.24) is 15.6 Å². The number of nitrogens with zero attached hydrogens (tertiary/aromatic N) is 1. The fraction of sp³-hybridized carbons (Fsp3) is 0.176. The lowest BCUT2D eigenvalue weighted by atomic mass is 10.1. The maximum atomic E-state index is 12.2. The van der Waals surface area contributed by atoms with E-state index in [0.717, 1.165) is 5.56 Å². The molecule has 7 heteroatoms. The number of fused-ring (bicyclic) bond motifs is 1. The Labute approximate surface area is 138 Å². The van der Waals surface area contributed by atoms with Crippen LogP contribution in [-0.2, 0) is 16.1 Å². The van der Waals surface area contributed by atoms with Crippen LogP contribution in [0.25, 0.3) is 0 Å². The van der Waals surface area contributed by atoms with E-state index in [0.29, 0.717) is 17.8 Å². The zero-order chi connectivity index (χ0) is 16.9. The van der Waals surface area contributed by atoms with E-state index in [1.165, 1.54) is 0 Å². The zero-order valence-electron chi connectivity index (χ0n) is 12.8. The molecule has 1 aliphatic rings. The molecule has 0 aliphatic carbocycles. The van der Waals surface area contributed by atoms with Gasteiger partial charge < -0.3 is 16.0 Å². The Hall–Kier alpha value is -3.22. The molecule has 0 fully saturated rings. The average molecular weight is 324 g/mol. The maximum Gasteiger partial charge on any atom is 0.254 e. The van der Waals surface area contributed by atoms with Crippen molar-refractivity contribution < 1.29 is 14.4 Å². The number of anilines is 1. The lowest BCUT2D eigenvalue weighted by Gasteiger charge is -2.14. The van der Waals surface area contributed by atoms with Crippen molar-refractivity contribution >= 4 is 23.4 Å². The van der Waals surface area contributed by atoms with Crippen LogP contribution in [0.4, 0.5) is 5.69 Å². The molecule has 0 saturated carbocycles. The fourth-order valence-electron chi connectivity index (χ4n) is 2.41. The standard InChI is InChI=1S/C17H16N4O3/c22-15(19-10-11-5-7-18-8-6-11)9-14-17(24)20-13-4-2-1-3-12(13)16(23)21-14/h1-8,14H,9-10H2,(H,19,22)(H,20,24)(H,21,23)/t14-/m1/s1. The lowest BCUT2D eigenvalue weighted by Crippen LogP contribution is -2.44. The third kappa shape index (κ3) is 3.57. The molecule has 1 aromatic heterocycles. The van der Waals surface area contributed by atoms with Crippen molar-refractivity contribution in [3.8, 4) is 0 Å². The molecule has 2 heterocycles. The highest BCUT2D eigenvalue weighted by molar-refractivity contribution is 6.10. The second-order valence-electron chi connectivity index (χ2n) is 5.40. The van der Waals surface area contributed by atoms with Gasteiger partial charge in [0.25, 0.3) is 5.91 Å². The number of benzene rings is 1. The van der Waals surface area contributed by atoms with Crippen LogP contribution in [0.3, 0.4) is 0 Å². The van der Waals surface area contributed by atoms with Crippen LogP contribution in [0.1, 0.15) is 22.3 Å². The molecular weight excluding hydrogens is 308 g/mol. The number of aromatic nitrogens is 1. The SMILES string of the molecule is O=C(C[C@H]1NC(=O)c2ccccc2NC1=O)NCc1ccncc1. The molecule has 2 aromatic rings. The van der Waals surface area contributed by atoms with Crippen LogP contribution < -0.4 is 16.0 Å². The number of carbonyl (C=O) groups is 3. The van der Waals surface area contributed by atoms with Gasteiger partial charge in [0.2, 0.25) is 11.8 Å². The topological polar surface area (TPSA) is 100 Å². The van der Waals surface area contributed by atoms with Gasteiger partial charge in [-0.05, 0) is 29.8 Å². The van der Waals surface area contributed by atoms with Gasteiger partial charge >= 0.3 is 0 Å². The minimum absolute atomic E-state index is 0.128. The van der Waals surface area contributed by atoms with Crippen molar-refractivity contribution in [3.63, 3.8) is 0 Å². The van der Waals surface area contributed by atoms with Crippen molar-refractivity contribution in [2.75, 3.05) is 5.32 Å². The second kappa shape index (κ2) is 6.91. The van der Waals surface area contributed by atoms with Crippen LogP contribution in [0.2, 0.25) is 0 Å². The fourth-order valence-corrected chi connectivity index (χ4v) is 2.41. The summed E-state index contributed by atoms with van der Waals surface area (Å²) in [5, 5.41) is 7.99. The Morgan fingerprint density at radius 2 is 1.88 bits per heavy atom. The van der Waals surface area contributed by atoms with Gasteiger partial charge in [-0.25, -0.2) is 0 Å². The van der Waals surface area contributed by atoms with E-state index < -0.39 is 11.9 Å². The Morgan fingerprint density at radius 1 is 1.12 bits per heavy atom. The van der Waals surface area contributed by atoms with Crippen molar-refractivity contribution in [1.29, 1.82) is 0 Å². The van der Waals surface area contributed by atoms with E-state index >= 15 is 0 Å². The Balaban J connectivity index is 1.62. The van der Waals surface area contributed by atoms with Gasteiger partial charge in [-0.1, -0.05) is 12.1 Å². The minimum atomic E-state index is -0.914. The molecule has 0 spiro atoms. The molecule has 1 aromatic carbocycles. The smallest absolute Gasteiger partial charge is 0.254 e. The van der Waals surface area contributed by atoms with E-state index in [1.54, 1.807) is 48.8 Å². The highest BCUT2D eigenvalue weighted by atomic mass is 16.2. The molecule has 3 rings (SSSR count). The van der Waals surface area contributed by atoms with Gasteiger partial charge in [-0.15, -0.1) is 0 Å². The molecule has 0 saturated heterocycles. The number of carbonyl (C=O) groups excluding carboxylic acids is 3. The molecule has 0 bridgehead atoms. The number of hydrogen-bond donors (Lipinski definition) is 3. The van der Waals surface area contributed by atoms with Crippen LogP contribution >= 0.6 is 0 Å². The summed E-state index contributed by atoms with van der Waals surface area (Å²) in [4.78, 5) is 40.4. The first-order chi connectivity index (χ1) is 11.6. The summed E-state index contributed by atoms with van der Waals surface area (Å²) >= 11 is 0. The number of rotatable bonds is 4. The molecular formula is C17H16N4O3. The average Bonchev–Trinajstić information content (AvgIpc) is 2.71. The third-order valence-corrected chi connectivity index (χ3v) is 3.68. The highest BCUT2D eigenvalue weighted by Crippen LogP contribution is 2.18. The van der Waals surface area contributed by atoms with Crippen LogP contribution in [-0.4, -0.2) is 28.7 Å². The lowest BCUT2D eigenvalue weighted by molar-refractivity contribution is -0.125. The summed E-state index contributed by atoms with van der Waals surface area (Å²) in [7, 11) is 0. The van der Waals surface area contributed by atoms with Gasteiger partial charge in [-0.3, -0.25) is 19.4 Å². The summed E-state index contributed by atoms with van der Waals surface area (Å²) in [6.45, 7) is 0.337. The molecule has 3 amide bonds. The van der Waals surface area contributed by atoms with E-state index in [4.69, 9.17) is 0 Å². The van der Waals surface area contributed by atoms with Crippen molar-refractivity contribution in [3.05, 3.63) is 59.9 Å². The summed E-state index contributed by atoms with van der Waals surface area (Å²) in [5.41, 5.74) is 1.73. The van der Waals surface area contributed by atoms with Crippen LogP contribution in [0.5, 0.6) is 0 Å². The summed E-state index contributed by atoms with van der Waals surface area (Å²) in [6, 6.07) is 9.38. The van der Waals surface area contributed by atoms with Gasteiger partial charge in [0.05, 0.1) is 17.7 Å². The first-order valence-electron chi connectivity index (χ1n) is 7.50. The third-order valence-electron chi connectivity index (χ3n) is 3.68. The van der Waals surface area contributed by atoms with Crippen LogP contribution in [0, 0.1) is 0 Å². The van der Waals surface area contributed by atoms with E-state index in [-0.39, 0.29) is 18.2 Å². The Kier molecular flexibility index (Phi) is 4.51. The number of amides is 3. The summed E-state index contributed by atoms with van der Waals surface area (Å²) in [6.07, 6.45) is 3.14. The second-order valence-corrected chi connectivity index (χ2v) is 5.40. The molecule has 122 valence electrons. The maximum absolute atomic E-state index is 12.2. The van der Waals surface area contributed by atoms with Crippen LogP contribution in [0.15, 0.2) is 48.8 Å². The highest BCUT2D eigenvalue weighted by Gasteiger charge is 2.29. The first-order valence-corrected chi connectivity index (χ1v) is 7.50. The Bertz CT molecular complexity index is 776. The zero-order valence-corrected chi connectivity index (χ0v) is 12.8. The van der Waals surface area contributed by atoms with Gasteiger partial charge in [0, 0.05) is 18.9 Å². The summed E-state index contributed by atoms with van der Waals surface area (Å²) < 4.78 is 0. The minimum Gasteiger partial charge on any atom is -0.352 e. The first kappa shape index (κ1) is 15.7. The van der Waals surface area contributed by atoms with Gasteiger partial charge in [-0.2, -0.15) is 0 Å². The molecule has 3 N–H and O–H groups in total.